The Kier molecular flexibility index (Phi) is 6.63. The maximum Gasteiger partial charge on any atom is 0.338 e. The van der Waals surface area contributed by atoms with Crippen LogP contribution in [0.1, 0.15) is 31.2 Å². The molecule has 8 nitrogen and oxygen atoms in total. The second-order valence-corrected chi connectivity index (χ2v) is 9.83. The van der Waals surface area contributed by atoms with Crippen molar-refractivity contribution in [2.45, 2.75) is 19.9 Å². The van der Waals surface area contributed by atoms with E-state index in [1.165, 1.54) is 28.0 Å². The van der Waals surface area contributed by atoms with E-state index in [1.807, 2.05) is 12.1 Å². The molecular formula is C26H27FN4O4S. The maximum atomic E-state index is 13.7. The van der Waals surface area contributed by atoms with Crippen molar-refractivity contribution in [2.75, 3.05) is 44.7 Å². The topological polar surface area (TPSA) is 80.3 Å². The van der Waals surface area contributed by atoms with E-state index in [4.69, 9.17) is 9.15 Å². The maximum absolute atomic E-state index is 13.7. The number of benzene rings is 1. The molecule has 0 bridgehead atoms. The average Bonchev–Trinajstić information content (AvgIpc) is 3.44. The second-order valence-electron chi connectivity index (χ2n) is 8.82. The van der Waals surface area contributed by atoms with E-state index in [2.05, 4.69) is 21.8 Å². The first-order valence-electron chi connectivity index (χ1n) is 11.8. The standard InChI is InChI=1S/C26H27FN4O4S/c1-4-34-25(33)22-16(2)28-26-31(23(22)17-5-7-18(27)8-6-17)24(32)20(36-26)15-19-9-10-21(35-19)30-13-11-29(3)12-14-30/h5-10,15,23H,4,11-14H2,1-3H3/b20-15-/t23-/m0/s1. The van der Waals surface area contributed by atoms with E-state index in [1.54, 1.807) is 32.1 Å². The highest BCUT2D eigenvalue weighted by molar-refractivity contribution is 7.07. The number of carbonyl (C=O) groups excluding carboxylic acids is 1. The number of anilines is 1. The largest absolute Gasteiger partial charge is 0.463 e. The minimum atomic E-state index is -0.777. The van der Waals surface area contributed by atoms with E-state index >= 15 is 0 Å². The molecule has 0 aliphatic carbocycles. The van der Waals surface area contributed by atoms with Crippen molar-refractivity contribution in [3.05, 3.63) is 84.5 Å². The summed E-state index contributed by atoms with van der Waals surface area (Å²) in [6, 6.07) is 8.75. The number of thiazole rings is 1. The third-order valence-electron chi connectivity index (χ3n) is 6.40. The number of likely N-dealkylation sites (N-methyl/N-ethyl adjacent to an activating group) is 1. The molecule has 0 radical (unpaired) electrons. The fraction of sp³-hybridized carbons (Fsp3) is 0.346. The van der Waals surface area contributed by atoms with Crippen molar-refractivity contribution in [1.82, 2.24) is 9.47 Å². The van der Waals surface area contributed by atoms with Crippen LogP contribution in [0.3, 0.4) is 0 Å². The van der Waals surface area contributed by atoms with Crippen LogP contribution >= 0.6 is 11.3 Å². The smallest absolute Gasteiger partial charge is 0.338 e. The Morgan fingerprint density at radius 1 is 1.19 bits per heavy atom. The van der Waals surface area contributed by atoms with Crippen molar-refractivity contribution in [1.29, 1.82) is 0 Å². The molecule has 2 aliphatic heterocycles. The number of hydrogen-bond donors (Lipinski definition) is 0. The number of esters is 1. The van der Waals surface area contributed by atoms with E-state index in [0.717, 1.165) is 32.1 Å². The molecule has 0 saturated carbocycles. The van der Waals surface area contributed by atoms with Gasteiger partial charge in [0.2, 0.25) is 0 Å². The second kappa shape index (κ2) is 9.87. The Bertz CT molecular complexity index is 1490. The monoisotopic (exact) mass is 510 g/mol. The quantitative estimate of drug-likeness (QED) is 0.490. The Hall–Kier alpha value is -3.50. The number of rotatable bonds is 5. The average molecular weight is 511 g/mol. The van der Waals surface area contributed by atoms with Crippen LogP contribution in [0.5, 0.6) is 0 Å². The zero-order valence-electron chi connectivity index (χ0n) is 20.4. The number of aromatic nitrogens is 1. The number of allylic oxidation sites excluding steroid dienone is 1. The van der Waals surface area contributed by atoms with Gasteiger partial charge in [0.25, 0.3) is 5.56 Å². The van der Waals surface area contributed by atoms with Gasteiger partial charge >= 0.3 is 5.97 Å². The van der Waals surface area contributed by atoms with Crippen LogP contribution in [0, 0.1) is 5.82 Å². The number of carbonyl (C=O) groups is 1. The molecule has 5 rings (SSSR count). The number of hydrogen-bond acceptors (Lipinski definition) is 8. The van der Waals surface area contributed by atoms with Crippen LogP contribution in [0.15, 0.2) is 61.9 Å². The van der Waals surface area contributed by atoms with E-state index in [-0.39, 0.29) is 17.7 Å². The third kappa shape index (κ3) is 4.54. The predicted molar refractivity (Wildman–Crippen MR) is 135 cm³/mol. The summed E-state index contributed by atoms with van der Waals surface area (Å²) in [5.74, 6) is 0.379. The molecule has 1 aromatic carbocycles. The summed E-state index contributed by atoms with van der Waals surface area (Å²) in [6.45, 7) is 7.29. The fourth-order valence-electron chi connectivity index (χ4n) is 4.50. The molecule has 2 aliphatic rings. The Morgan fingerprint density at radius 2 is 1.92 bits per heavy atom. The van der Waals surface area contributed by atoms with Gasteiger partial charge in [0.05, 0.1) is 28.5 Å². The summed E-state index contributed by atoms with van der Waals surface area (Å²) in [5, 5.41) is 0. The van der Waals surface area contributed by atoms with E-state index < -0.39 is 17.8 Å². The van der Waals surface area contributed by atoms with Gasteiger partial charge in [-0.1, -0.05) is 23.5 Å². The first-order chi connectivity index (χ1) is 17.4. The van der Waals surface area contributed by atoms with Crippen molar-refractivity contribution in [2.24, 2.45) is 4.99 Å². The summed E-state index contributed by atoms with van der Waals surface area (Å²) in [6.07, 6.45) is 1.70. The van der Waals surface area contributed by atoms with Gasteiger partial charge in [-0.3, -0.25) is 9.36 Å². The third-order valence-corrected chi connectivity index (χ3v) is 7.39. The van der Waals surface area contributed by atoms with E-state index in [9.17, 15) is 14.0 Å². The van der Waals surface area contributed by atoms with Gasteiger partial charge < -0.3 is 19.0 Å². The normalized spacial score (nSPS) is 18.8. The van der Waals surface area contributed by atoms with Crippen LogP contribution in [0.25, 0.3) is 6.08 Å². The lowest BCUT2D eigenvalue weighted by Gasteiger charge is -2.32. The highest BCUT2D eigenvalue weighted by atomic mass is 32.1. The number of ether oxygens (including phenoxy) is 1. The molecule has 0 unspecified atom stereocenters. The van der Waals surface area contributed by atoms with Crippen LogP contribution in [-0.2, 0) is 9.53 Å². The van der Waals surface area contributed by atoms with E-state index in [0.29, 0.717) is 26.4 Å². The van der Waals surface area contributed by atoms with Crippen LogP contribution in [0.2, 0.25) is 0 Å². The molecule has 188 valence electrons. The minimum absolute atomic E-state index is 0.185. The summed E-state index contributed by atoms with van der Waals surface area (Å²) >= 11 is 1.22. The molecule has 0 spiro atoms. The predicted octanol–water partition coefficient (Wildman–Crippen LogP) is 2.28. The lowest BCUT2D eigenvalue weighted by atomic mass is 9.96. The van der Waals surface area contributed by atoms with Crippen molar-refractivity contribution < 1.29 is 18.3 Å². The number of fused-ring (bicyclic) bond motifs is 1. The summed E-state index contributed by atoms with van der Waals surface area (Å²) in [4.78, 5) is 36.0. The molecule has 0 amide bonds. The van der Waals surface area contributed by atoms with Gasteiger partial charge in [-0.05, 0) is 44.7 Å². The molecule has 2 aromatic heterocycles. The Labute approximate surface area is 211 Å². The molecule has 1 atom stereocenters. The number of furan rings is 1. The summed E-state index contributed by atoms with van der Waals surface area (Å²) in [7, 11) is 2.10. The molecular weight excluding hydrogens is 483 g/mol. The van der Waals surface area contributed by atoms with Crippen molar-refractivity contribution in [3.8, 4) is 0 Å². The highest BCUT2D eigenvalue weighted by Gasteiger charge is 2.33. The van der Waals surface area contributed by atoms with Gasteiger partial charge in [-0.2, -0.15) is 0 Å². The van der Waals surface area contributed by atoms with Gasteiger partial charge in [0, 0.05) is 38.3 Å². The molecule has 1 fully saturated rings. The SMILES string of the molecule is CCOC(=O)C1=C(C)N=c2s/c(=C\c3ccc(N4CCN(C)CC4)o3)c(=O)n2[C@H]1c1ccc(F)cc1. The van der Waals surface area contributed by atoms with Crippen LogP contribution < -0.4 is 19.8 Å². The first-order valence-corrected chi connectivity index (χ1v) is 12.7. The van der Waals surface area contributed by atoms with Gasteiger partial charge in [0.1, 0.15) is 11.6 Å². The number of halogens is 1. The zero-order valence-corrected chi connectivity index (χ0v) is 21.2. The molecule has 4 heterocycles. The first kappa shape index (κ1) is 24.2. The van der Waals surface area contributed by atoms with Gasteiger partial charge in [-0.25, -0.2) is 14.2 Å². The zero-order chi connectivity index (χ0) is 25.4. The lowest BCUT2D eigenvalue weighted by molar-refractivity contribution is -0.139. The molecule has 36 heavy (non-hydrogen) atoms. The highest BCUT2D eigenvalue weighted by Crippen LogP contribution is 2.30. The lowest BCUT2D eigenvalue weighted by Crippen LogP contribution is -2.44. The molecule has 3 aromatic rings. The van der Waals surface area contributed by atoms with Gasteiger partial charge in [-0.15, -0.1) is 0 Å². The number of nitrogens with zero attached hydrogens (tertiary/aromatic N) is 4. The van der Waals surface area contributed by atoms with Gasteiger partial charge in [0.15, 0.2) is 10.7 Å². The Balaban J connectivity index is 1.58. The molecule has 0 N–H and O–H groups in total. The fourth-order valence-corrected chi connectivity index (χ4v) is 5.52. The van der Waals surface area contributed by atoms with Crippen molar-refractivity contribution >= 4 is 29.3 Å². The van der Waals surface area contributed by atoms with Crippen LogP contribution in [-0.4, -0.2) is 55.3 Å². The minimum Gasteiger partial charge on any atom is -0.463 e. The summed E-state index contributed by atoms with van der Waals surface area (Å²) < 4.78 is 26.9. The molecule has 10 heteroatoms. The van der Waals surface area contributed by atoms with Crippen molar-refractivity contribution in [3.63, 3.8) is 0 Å². The van der Waals surface area contributed by atoms with Crippen LogP contribution in [0.4, 0.5) is 10.3 Å². The molecule has 1 saturated heterocycles. The Morgan fingerprint density at radius 3 is 2.61 bits per heavy atom. The number of piperazine rings is 1. The summed E-state index contributed by atoms with van der Waals surface area (Å²) in [5.41, 5.74) is 1.01.